The summed E-state index contributed by atoms with van der Waals surface area (Å²) < 4.78 is 0. The SMILES string of the molecule is CN1CCN(c2ccc(-c3cccc(C(N)=O)c3)cc2)CC1. The summed E-state index contributed by atoms with van der Waals surface area (Å²) in [7, 11) is 2.16. The third kappa shape index (κ3) is 3.12. The van der Waals surface area contributed by atoms with Crippen LogP contribution in [0, 0.1) is 0 Å². The van der Waals surface area contributed by atoms with Crippen LogP contribution in [0.1, 0.15) is 10.4 Å². The van der Waals surface area contributed by atoms with Gasteiger partial charge in [-0.15, -0.1) is 0 Å². The van der Waals surface area contributed by atoms with Crippen LogP contribution in [-0.4, -0.2) is 44.0 Å². The number of carbonyl (C=O) groups is 1. The first-order chi connectivity index (χ1) is 10.6. The molecule has 0 radical (unpaired) electrons. The van der Waals surface area contributed by atoms with Crippen molar-refractivity contribution in [2.24, 2.45) is 5.73 Å². The number of primary amides is 1. The van der Waals surface area contributed by atoms with Crippen molar-refractivity contribution in [1.29, 1.82) is 0 Å². The average Bonchev–Trinajstić information content (AvgIpc) is 2.56. The van der Waals surface area contributed by atoms with Crippen molar-refractivity contribution < 1.29 is 4.79 Å². The van der Waals surface area contributed by atoms with Crippen LogP contribution in [0.2, 0.25) is 0 Å². The number of anilines is 1. The number of hydrogen-bond acceptors (Lipinski definition) is 3. The number of nitrogens with two attached hydrogens (primary N) is 1. The average molecular weight is 295 g/mol. The summed E-state index contributed by atoms with van der Waals surface area (Å²) >= 11 is 0. The molecule has 4 heteroatoms. The number of hydrogen-bond donors (Lipinski definition) is 1. The van der Waals surface area contributed by atoms with Gasteiger partial charge >= 0.3 is 0 Å². The van der Waals surface area contributed by atoms with E-state index >= 15 is 0 Å². The predicted octanol–water partition coefficient (Wildman–Crippen LogP) is 2.20. The molecule has 1 heterocycles. The Morgan fingerprint density at radius 1 is 0.955 bits per heavy atom. The highest BCUT2D eigenvalue weighted by atomic mass is 16.1. The number of likely N-dealkylation sites (N-methyl/N-ethyl adjacent to an activating group) is 1. The molecule has 0 bridgehead atoms. The van der Waals surface area contributed by atoms with Gasteiger partial charge in [0.25, 0.3) is 0 Å². The Morgan fingerprint density at radius 2 is 1.64 bits per heavy atom. The normalized spacial score (nSPS) is 15.8. The Hall–Kier alpha value is -2.33. The van der Waals surface area contributed by atoms with Gasteiger partial charge in [0.1, 0.15) is 0 Å². The van der Waals surface area contributed by atoms with Crippen LogP contribution in [0.15, 0.2) is 48.5 Å². The van der Waals surface area contributed by atoms with E-state index in [0.717, 1.165) is 37.3 Å². The maximum Gasteiger partial charge on any atom is 0.248 e. The molecule has 0 atom stereocenters. The maximum absolute atomic E-state index is 11.3. The van der Waals surface area contributed by atoms with Gasteiger partial charge in [-0.05, 0) is 42.4 Å². The molecule has 1 aliphatic heterocycles. The van der Waals surface area contributed by atoms with Crippen molar-refractivity contribution in [3.8, 4) is 11.1 Å². The van der Waals surface area contributed by atoms with Crippen LogP contribution in [0.5, 0.6) is 0 Å². The Morgan fingerprint density at radius 3 is 2.27 bits per heavy atom. The molecular formula is C18H21N3O. The molecule has 0 aromatic heterocycles. The predicted molar refractivity (Wildman–Crippen MR) is 90.1 cm³/mol. The zero-order chi connectivity index (χ0) is 15.5. The van der Waals surface area contributed by atoms with E-state index in [9.17, 15) is 4.79 Å². The van der Waals surface area contributed by atoms with E-state index in [1.165, 1.54) is 5.69 Å². The van der Waals surface area contributed by atoms with E-state index in [1.807, 2.05) is 18.2 Å². The van der Waals surface area contributed by atoms with Crippen LogP contribution < -0.4 is 10.6 Å². The van der Waals surface area contributed by atoms with Gasteiger partial charge in [-0.2, -0.15) is 0 Å². The second-order valence-electron chi connectivity index (χ2n) is 5.78. The number of carbonyl (C=O) groups excluding carboxylic acids is 1. The molecule has 114 valence electrons. The number of rotatable bonds is 3. The molecule has 22 heavy (non-hydrogen) atoms. The lowest BCUT2D eigenvalue weighted by molar-refractivity contribution is 0.100. The third-order valence-corrected chi connectivity index (χ3v) is 4.22. The first-order valence-corrected chi connectivity index (χ1v) is 7.57. The molecule has 0 unspecified atom stereocenters. The molecule has 2 aromatic carbocycles. The van der Waals surface area contributed by atoms with Crippen LogP contribution >= 0.6 is 0 Å². The minimum absolute atomic E-state index is 0.393. The molecule has 1 saturated heterocycles. The quantitative estimate of drug-likeness (QED) is 0.944. The molecule has 0 saturated carbocycles. The molecule has 1 amide bonds. The largest absolute Gasteiger partial charge is 0.369 e. The molecular weight excluding hydrogens is 274 g/mol. The van der Waals surface area contributed by atoms with Gasteiger partial charge in [0.15, 0.2) is 0 Å². The lowest BCUT2D eigenvalue weighted by atomic mass is 10.0. The Bertz CT molecular complexity index is 658. The lowest BCUT2D eigenvalue weighted by Gasteiger charge is -2.34. The van der Waals surface area contributed by atoms with Crippen LogP contribution in [0.4, 0.5) is 5.69 Å². The monoisotopic (exact) mass is 295 g/mol. The van der Waals surface area contributed by atoms with Gasteiger partial charge in [0, 0.05) is 37.4 Å². The minimum atomic E-state index is -0.393. The third-order valence-electron chi connectivity index (χ3n) is 4.22. The van der Waals surface area contributed by atoms with E-state index in [-0.39, 0.29) is 0 Å². The standard InChI is InChI=1S/C18H21N3O/c1-20-9-11-21(12-10-20)17-7-5-14(6-8-17)15-3-2-4-16(13-15)18(19)22/h2-8,13H,9-12H2,1H3,(H2,19,22). The molecule has 0 spiro atoms. The fraction of sp³-hybridized carbons (Fsp3) is 0.278. The van der Waals surface area contributed by atoms with Crippen molar-refractivity contribution in [3.63, 3.8) is 0 Å². The molecule has 3 rings (SSSR count). The van der Waals surface area contributed by atoms with Crippen molar-refractivity contribution in [3.05, 3.63) is 54.1 Å². The zero-order valence-corrected chi connectivity index (χ0v) is 12.8. The first kappa shape index (κ1) is 14.6. The fourth-order valence-electron chi connectivity index (χ4n) is 2.78. The fourth-order valence-corrected chi connectivity index (χ4v) is 2.78. The summed E-state index contributed by atoms with van der Waals surface area (Å²) in [6.07, 6.45) is 0. The number of nitrogens with zero attached hydrogens (tertiary/aromatic N) is 2. The van der Waals surface area contributed by atoms with Gasteiger partial charge in [-0.3, -0.25) is 4.79 Å². The van der Waals surface area contributed by atoms with Crippen molar-refractivity contribution in [2.45, 2.75) is 0 Å². The number of piperazine rings is 1. The number of amides is 1. The molecule has 2 N–H and O–H groups in total. The lowest BCUT2D eigenvalue weighted by Crippen LogP contribution is -2.44. The Balaban J connectivity index is 1.79. The van der Waals surface area contributed by atoms with Crippen LogP contribution in [0.25, 0.3) is 11.1 Å². The molecule has 2 aromatic rings. The van der Waals surface area contributed by atoms with Gasteiger partial charge in [-0.25, -0.2) is 0 Å². The summed E-state index contributed by atoms with van der Waals surface area (Å²) in [5.41, 5.74) is 9.25. The van der Waals surface area contributed by atoms with Crippen molar-refractivity contribution in [1.82, 2.24) is 4.90 Å². The number of benzene rings is 2. The summed E-state index contributed by atoms with van der Waals surface area (Å²) in [4.78, 5) is 16.0. The topological polar surface area (TPSA) is 49.6 Å². The smallest absolute Gasteiger partial charge is 0.248 e. The molecule has 1 aliphatic rings. The first-order valence-electron chi connectivity index (χ1n) is 7.57. The van der Waals surface area contributed by atoms with Gasteiger partial charge in [-0.1, -0.05) is 24.3 Å². The van der Waals surface area contributed by atoms with E-state index in [2.05, 4.69) is 41.1 Å². The Labute approximate surface area is 131 Å². The second-order valence-corrected chi connectivity index (χ2v) is 5.78. The van der Waals surface area contributed by atoms with Gasteiger partial charge in [0.2, 0.25) is 5.91 Å². The van der Waals surface area contributed by atoms with Crippen molar-refractivity contribution in [2.75, 3.05) is 38.1 Å². The van der Waals surface area contributed by atoms with E-state index in [0.29, 0.717) is 5.56 Å². The summed E-state index contributed by atoms with van der Waals surface area (Å²) in [6.45, 7) is 4.32. The van der Waals surface area contributed by atoms with Crippen molar-refractivity contribution >= 4 is 11.6 Å². The van der Waals surface area contributed by atoms with E-state index < -0.39 is 5.91 Å². The second kappa shape index (κ2) is 6.20. The van der Waals surface area contributed by atoms with E-state index in [4.69, 9.17) is 5.73 Å². The summed E-state index contributed by atoms with van der Waals surface area (Å²) in [6, 6.07) is 16.0. The zero-order valence-electron chi connectivity index (χ0n) is 12.8. The van der Waals surface area contributed by atoms with Gasteiger partial charge in [0.05, 0.1) is 0 Å². The van der Waals surface area contributed by atoms with Crippen LogP contribution in [0.3, 0.4) is 0 Å². The highest BCUT2D eigenvalue weighted by Gasteiger charge is 2.14. The van der Waals surface area contributed by atoms with Crippen LogP contribution in [-0.2, 0) is 0 Å². The van der Waals surface area contributed by atoms with E-state index in [1.54, 1.807) is 6.07 Å². The summed E-state index contributed by atoms with van der Waals surface area (Å²) in [5, 5.41) is 0. The molecule has 1 fully saturated rings. The Kier molecular flexibility index (Phi) is 4.11. The van der Waals surface area contributed by atoms with Gasteiger partial charge < -0.3 is 15.5 Å². The highest BCUT2D eigenvalue weighted by Crippen LogP contribution is 2.24. The maximum atomic E-state index is 11.3. The molecule has 0 aliphatic carbocycles. The summed E-state index contributed by atoms with van der Waals surface area (Å²) in [5.74, 6) is -0.393. The highest BCUT2D eigenvalue weighted by molar-refractivity contribution is 5.94. The molecule has 4 nitrogen and oxygen atoms in total. The minimum Gasteiger partial charge on any atom is -0.369 e.